The number of carbonyl (C=O) groups excluding carboxylic acids is 1. The lowest BCUT2D eigenvalue weighted by Crippen LogP contribution is -2.12. The summed E-state index contributed by atoms with van der Waals surface area (Å²) in [5.41, 5.74) is 1.98. The van der Waals surface area contributed by atoms with E-state index in [2.05, 4.69) is 5.32 Å². The second kappa shape index (κ2) is 7.81. The van der Waals surface area contributed by atoms with Crippen molar-refractivity contribution in [1.82, 2.24) is 0 Å². The molecule has 3 aromatic carbocycles. The normalized spacial score (nSPS) is 10.7. The molecule has 5 nitrogen and oxygen atoms in total. The zero-order valence-electron chi connectivity index (χ0n) is 15.4. The number of halogens is 1. The fraction of sp³-hybridized carbons (Fsp3) is 0.0435. The monoisotopic (exact) mass is 405 g/mol. The molecule has 6 heteroatoms. The number of nitrogens with one attached hydrogen (secondary N) is 1. The number of fused-ring (bicyclic) bond motifs is 1. The summed E-state index contributed by atoms with van der Waals surface area (Å²) >= 11 is 5.91. The first-order valence-electron chi connectivity index (χ1n) is 8.83. The van der Waals surface area contributed by atoms with Crippen molar-refractivity contribution in [1.29, 1.82) is 0 Å². The van der Waals surface area contributed by atoms with Gasteiger partial charge in [-0.05, 0) is 66.7 Å². The molecular formula is C23H16ClNO4. The third kappa shape index (κ3) is 4.00. The average Bonchev–Trinajstić information content (AvgIpc) is 2.74. The second-order valence-electron chi connectivity index (χ2n) is 6.38. The highest BCUT2D eigenvalue weighted by Crippen LogP contribution is 2.25. The molecule has 0 aliphatic heterocycles. The Balaban J connectivity index is 1.63. The molecule has 4 aromatic rings. The van der Waals surface area contributed by atoms with Crippen LogP contribution in [0.3, 0.4) is 0 Å². The summed E-state index contributed by atoms with van der Waals surface area (Å²) < 4.78 is 11.0. The van der Waals surface area contributed by atoms with Crippen LogP contribution in [0.5, 0.6) is 5.75 Å². The SMILES string of the molecule is COc1ccc(C(=O)Nc2ccc3oc(-c4ccc(Cl)cc4)cc(=O)c3c2)cc1. The van der Waals surface area contributed by atoms with Crippen LogP contribution < -0.4 is 15.5 Å². The highest BCUT2D eigenvalue weighted by atomic mass is 35.5. The number of anilines is 1. The van der Waals surface area contributed by atoms with E-state index in [0.29, 0.717) is 38.8 Å². The average molecular weight is 406 g/mol. The first kappa shape index (κ1) is 18.8. The molecule has 0 saturated heterocycles. The van der Waals surface area contributed by atoms with Gasteiger partial charge in [-0.2, -0.15) is 0 Å². The minimum absolute atomic E-state index is 0.197. The zero-order chi connectivity index (χ0) is 20.4. The highest BCUT2D eigenvalue weighted by molar-refractivity contribution is 6.30. The van der Waals surface area contributed by atoms with Crippen LogP contribution in [-0.4, -0.2) is 13.0 Å². The smallest absolute Gasteiger partial charge is 0.255 e. The van der Waals surface area contributed by atoms with Crippen LogP contribution in [0.4, 0.5) is 5.69 Å². The van der Waals surface area contributed by atoms with Gasteiger partial charge in [-0.25, -0.2) is 0 Å². The van der Waals surface area contributed by atoms with Crippen molar-refractivity contribution in [2.75, 3.05) is 12.4 Å². The van der Waals surface area contributed by atoms with E-state index in [0.717, 1.165) is 5.56 Å². The van der Waals surface area contributed by atoms with Crippen molar-refractivity contribution in [3.63, 3.8) is 0 Å². The lowest BCUT2D eigenvalue weighted by atomic mass is 10.1. The van der Waals surface area contributed by atoms with Crippen molar-refractivity contribution in [3.8, 4) is 17.1 Å². The summed E-state index contributed by atoms with van der Waals surface area (Å²) in [5.74, 6) is 0.838. The van der Waals surface area contributed by atoms with Crippen LogP contribution in [0.1, 0.15) is 10.4 Å². The van der Waals surface area contributed by atoms with Crippen molar-refractivity contribution < 1.29 is 13.9 Å². The van der Waals surface area contributed by atoms with E-state index in [9.17, 15) is 9.59 Å². The summed E-state index contributed by atoms with van der Waals surface area (Å²) in [4.78, 5) is 25.0. The molecule has 1 heterocycles. The number of ether oxygens (including phenoxy) is 1. The molecule has 0 bridgehead atoms. The van der Waals surface area contributed by atoms with Gasteiger partial charge in [-0.1, -0.05) is 11.6 Å². The summed E-state index contributed by atoms with van der Waals surface area (Å²) in [5, 5.41) is 3.78. The molecule has 1 aromatic heterocycles. The number of rotatable bonds is 4. The molecule has 4 rings (SSSR count). The Hall–Kier alpha value is -3.57. The Labute approximate surface area is 171 Å². The molecule has 144 valence electrons. The predicted molar refractivity (Wildman–Crippen MR) is 114 cm³/mol. The minimum atomic E-state index is -0.283. The van der Waals surface area contributed by atoms with Crippen LogP contribution in [0.2, 0.25) is 5.02 Å². The maximum atomic E-state index is 12.6. The van der Waals surface area contributed by atoms with E-state index in [-0.39, 0.29) is 11.3 Å². The third-order valence-electron chi connectivity index (χ3n) is 4.47. The van der Waals surface area contributed by atoms with E-state index < -0.39 is 0 Å². The molecule has 0 radical (unpaired) electrons. The molecule has 29 heavy (non-hydrogen) atoms. The largest absolute Gasteiger partial charge is 0.497 e. The van der Waals surface area contributed by atoms with E-state index in [1.54, 1.807) is 73.8 Å². The molecule has 1 amide bonds. The molecule has 0 aliphatic rings. The Morgan fingerprint density at radius 1 is 0.966 bits per heavy atom. The first-order valence-corrected chi connectivity index (χ1v) is 9.20. The van der Waals surface area contributed by atoms with Crippen molar-refractivity contribution in [2.45, 2.75) is 0 Å². The van der Waals surface area contributed by atoms with E-state index >= 15 is 0 Å². The standard InChI is InChI=1S/C23H16ClNO4/c1-28-18-9-4-15(5-10-18)23(27)25-17-8-11-21-19(12-17)20(26)13-22(29-21)14-2-6-16(24)7-3-14/h2-13H,1H3,(H,25,27). The topological polar surface area (TPSA) is 68.5 Å². The molecular weight excluding hydrogens is 390 g/mol. The molecule has 0 saturated carbocycles. The molecule has 1 N–H and O–H groups in total. The van der Waals surface area contributed by atoms with Gasteiger partial charge in [0.2, 0.25) is 0 Å². The second-order valence-corrected chi connectivity index (χ2v) is 6.81. The Morgan fingerprint density at radius 3 is 2.38 bits per heavy atom. The van der Waals surface area contributed by atoms with Crippen LogP contribution in [0, 0.1) is 0 Å². The van der Waals surface area contributed by atoms with Crippen LogP contribution in [0.25, 0.3) is 22.3 Å². The number of hydrogen-bond donors (Lipinski definition) is 1. The zero-order valence-corrected chi connectivity index (χ0v) is 16.2. The van der Waals surface area contributed by atoms with Crippen molar-refractivity contribution in [2.24, 2.45) is 0 Å². The van der Waals surface area contributed by atoms with E-state index in [1.807, 2.05) is 0 Å². The minimum Gasteiger partial charge on any atom is -0.497 e. The number of methoxy groups -OCH3 is 1. The summed E-state index contributed by atoms with van der Waals surface area (Å²) in [7, 11) is 1.56. The Kier molecular flexibility index (Phi) is 5.06. The molecule has 0 atom stereocenters. The molecule has 0 spiro atoms. The molecule has 0 aliphatic carbocycles. The van der Waals surface area contributed by atoms with Crippen LogP contribution in [0.15, 0.2) is 82.0 Å². The number of hydrogen-bond acceptors (Lipinski definition) is 4. The number of carbonyl (C=O) groups is 1. The van der Waals surface area contributed by atoms with Gasteiger partial charge in [-0.15, -0.1) is 0 Å². The van der Waals surface area contributed by atoms with Gasteiger partial charge in [0.25, 0.3) is 5.91 Å². The highest BCUT2D eigenvalue weighted by Gasteiger charge is 2.10. The van der Waals surface area contributed by atoms with Crippen LogP contribution >= 0.6 is 11.6 Å². The maximum Gasteiger partial charge on any atom is 0.255 e. The third-order valence-corrected chi connectivity index (χ3v) is 4.72. The Morgan fingerprint density at radius 2 is 1.69 bits per heavy atom. The van der Waals surface area contributed by atoms with Crippen LogP contribution in [-0.2, 0) is 0 Å². The summed E-state index contributed by atoms with van der Waals surface area (Å²) in [6.45, 7) is 0. The summed E-state index contributed by atoms with van der Waals surface area (Å²) in [6.07, 6.45) is 0. The fourth-order valence-electron chi connectivity index (χ4n) is 2.94. The molecule has 0 unspecified atom stereocenters. The van der Waals surface area contributed by atoms with Gasteiger partial charge < -0.3 is 14.5 Å². The number of benzene rings is 3. The van der Waals surface area contributed by atoms with Gasteiger partial charge in [0.15, 0.2) is 5.43 Å². The Bertz CT molecular complexity index is 1240. The maximum absolute atomic E-state index is 12.6. The fourth-order valence-corrected chi connectivity index (χ4v) is 3.06. The van der Waals surface area contributed by atoms with E-state index in [1.165, 1.54) is 6.07 Å². The number of amides is 1. The lowest BCUT2D eigenvalue weighted by molar-refractivity contribution is 0.102. The lowest BCUT2D eigenvalue weighted by Gasteiger charge is -2.08. The van der Waals surface area contributed by atoms with Gasteiger partial charge in [0.05, 0.1) is 12.5 Å². The summed E-state index contributed by atoms with van der Waals surface area (Å²) in [6, 6.07) is 20.2. The van der Waals surface area contributed by atoms with Gasteiger partial charge in [-0.3, -0.25) is 9.59 Å². The van der Waals surface area contributed by atoms with E-state index in [4.69, 9.17) is 20.8 Å². The van der Waals surface area contributed by atoms with Crippen molar-refractivity contribution >= 4 is 34.2 Å². The predicted octanol–water partition coefficient (Wildman–Crippen LogP) is 5.37. The van der Waals surface area contributed by atoms with Gasteiger partial charge in [0.1, 0.15) is 17.1 Å². The van der Waals surface area contributed by atoms with Crippen molar-refractivity contribution in [3.05, 3.63) is 93.6 Å². The first-order chi connectivity index (χ1) is 14.0. The molecule has 0 fully saturated rings. The van der Waals surface area contributed by atoms with Gasteiger partial charge >= 0.3 is 0 Å². The quantitative estimate of drug-likeness (QED) is 0.495. The van der Waals surface area contributed by atoms with Gasteiger partial charge in [0, 0.05) is 27.9 Å².